The quantitative estimate of drug-likeness (QED) is 0.362. The molecule has 0 aromatic heterocycles. The maximum atomic E-state index is 13.1. The van der Waals surface area contributed by atoms with Crippen molar-refractivity contribution >= 4 is 18.4 Å². The second kappa shape index (κ2) is 12.6. The summed E-state index contributed by atoms with van der Waals surface area (Å²) in [5, 5.41) is 9.40. The van der Waals surface area contributed by atoms with Crippen molar-refractivity contribution in [3.05, 3.63) is 48.0 Å². The molecule has 4 N–H and O–H groups in total. The van der Waals surface area contributed by atoms with Crippen LogP contribution in [0.4, 0.5) is 4.79 Å². The van der Waals surface area contributed by atoms with Gasteiger partial charge in [-0.05, 0) is 35.4 Å². The van der Waals surface area contributed by atoms with Crippen LogP contribution in [0, 0.1) is 11.8 Å². The number of hydrazine groups is 1. The molecule has 2 atom stereocenters. The van der Waals surface area contributed by atoms with E-state index in [1.54, 1.807) is 0 Å². The van der Waals surface area contributed by atoms with Crippen molar-refractivity contribution in [1.29, 1.82) is 0 Å². The molecular weight excluding hydrogens is 414 g/mol. The van der Waals surface area contributed by atoms with E-state index in [0.29, 0.717) is 25.1 Å². The minimum Gasteiger partial charge on any atom is -0.445 e. The predicted octanol–water partition coefficient (Wildman–Crippen LogP) is 2.11. The lowest BCUT2D eigenvalue weighted by molar-refractivity contribution is -0.167. The minimum atomic E-state index is -0.781. The molecule has 0 spiro atoms. The Balaban J connectivity index is 1.98. The van der Waals surface area contributed by atoms with Crippen molar-refractivity contribution in [3.8, 4) is 0 Å². The second-order valence-corrected chi connectivity index (χ2v) is 8.38. The number of benzene rings is 1. The van der Waals surface area contributed by atoms with Crippen LogP contribution in [0.25, 0.3) is 0 Å². The summed E-state index contributed by atoms with van der Waals surface area (Å²) in [6.07, 6.45) is 1.65. The van der Waals surface area contributed by atoms with Crippen LogP contribution in [-0.2, 0) is 25.8 Å². The number of rotatable bonds is 12. The van der Waals surface area contributed by atoms with Gasteiger partial charge in [-0.3, -0.25) is 15.0 Å². The number of ether oxygens (including phenoxy) is 1. The summed E-state index contributed by atoms with van der Waals surface area (Å²) >= 11 is 0. The van der Waals surface area contributed by atoms with E-state index in [1.165, 1.54) is 11.4 Å². The standard InChI is InChI=1S/C22H33N5O5/c1-15(2)10-18(24-22(30)31-12-17-8-6-5-7-9-17)21(29)25-20(11-16(3)4)27-26-19(13-32-27)23-14-28/h5-9,13-16,18,20,26H,10-12H2,1-4H3,(H,23,28)(H,24,30)(H,25,29)/t18-,20+/m0/s1. The Morgan fingerprint density at radius 3 is 2.41 bits per heavy atom. The van der Waals surface area contributed by atoms with Gasteiger partial charge in [0.2, 0.25) is 12.3 Å². The van der Waals surface area contributed by atoms with Crippen molar-refractivity contribution in [1.82, 2.24) is 26.5 Å². The van der Waals surface area contributed by atoms with Crippen LogP contribution in [0.5, 0.6) is 0 Å². The number of carbonyl (C=O) groups is 3. The van der Waals surface area contributed by atoms with E-state index in [9.17, 15) is 14.4 Å². The maximum Gasteiger partial charge on any atom is 0.408 e. The van der Waals surface area contributed by atoms with Crippen LogP contribution in [-0.4, -0.2) is 35.8 Å². The number of hydrogen-bond donors (Lipinski definition) is 4. The molecular formula is C22H33N5O5. The molecule has 176 valence electrons. The van der Waals surface area contributed by atoms with E-state index in [-0.39, 0.29) is 24.3 Å². The third-order valence-corrected chi connectivity index (χ3v) is 4.54. The Hall–Kier alpha value is -3.27. The number of nitrogens with one attached hydrogen (secondary N) is 4. The fraction of sp³-hybridized carbons (Fsp3) is 0.500. The fourth-order valence-corrected chi connectivity index (χ4v) is 3.10. The molecule has 2 rings (SSSR count). The average Bonchev–Trinajstić information content (AvgIpc) is 3.20. The molecule has 1 aliphatic heterocycles. The fourth-order valence-electron chi connectivity index (χ4n) is 3.10. The maximum absolute atomic E-state index is 13.1. The van der Waals surface area contributed by atoms with Gasteiger partial charge in [0.1, 0.15) is 18.8 Å². The molecule has 32 heavy (non-hydrogen) atoms. The SMILES string of the molecule is CC(C)C[C@H](NC(=O)OCc1ccccc1)C(=O)N[C@@H](CC(C)C)N1NC(NC=O)=CO1. The number of alkyl carbamates (subject to hydrolysis) is 1. The van der Waals surface area contributed by atoms with Crippen LogP contribution in [0.3, 0.4) is 0 Å². The lowest BCUT2D eigenvalue weighted by atomic mass is 10.0. The molecule has 0 saturated heterocycles. The number of hydrogen-bond acceptors (Lipinski definition) is 7. The van der Waals surface area contributed by atoms with Gasteiger partial charge in [0, 0.05) is 0 Å². The van der Waals surface area contributed by atoms with E-state index < -0.39 is 18.3 Å². The molecule has 0 aliphatic carbocycles. The molecule has 1 aliphatic rings. The van der Waals surface area contributed by atoms with E-state index in [4.69, 9.17) is 9.57 Å². The molecule has 3 amide bonds. The van der Waals surface area contributed by atoms with Gasteiger partial charge in [-0.1, -0.05) is 58.0 Å². The normalized spacial score (nSPS) is 15.2. The van der Waals surface area contributed by atoms with Gasteiger partial charge < -0.3 is 25.5 Å². The number of hydroxylamine groups is 1. The average molecular weight is 448 g/mol. The highest BCUT2D eigenvalue weighted by Gasteiger charge is 2.31. The number of amides is 3. The van der Waals surface area contributed by atoms with Crippen molar-refractivity contribution in [2.24, 2.45) is 11.8 Å². The highest BCUT2D eigenvalue weighted by molar-refractivity contribution is 5.85. The van der Waals surface area contributed by atoms with Crippen LogP contribution in [0.1, 0.15) is 46.1 Å². The van der Waals surface area contributed by atoms with Gasteiger partial charge in [0.25, 0.3) is 0 Å². The molecule has 0 radical (unpaired) electrons. The molecule has 0 bridgehead atoms. The predicted molar refractivity (Wildman–Crippen MR) is 118 cm³/mol. The topological polar surface area (TPSA) is 121 Å². The zero-order valence-electron chi connectivity index (χ0n) is 19.0. The molecule has 0 unspecified atom stereocenters. The van der Waals surface area contributed by atoms with Crippen LogP contribution >= 0.6 is 0 Å². The smallest absolute Gasteiger partial charge is 0.408 e. The lowest BCUT2D eigenvalue weighted by Gasteiger charge is -2.30. The van der Waals surface area contributed by atoms with Gasteiger partial charge in [-0.2, -0.15) is 0 Å². The molecule has 1 heterocycles. The van der Waals surface area contributed by atoms with E-state index in [2.05, 4.69) is 21.4 Å². The lowest BCUT2D eigenvalue weighted by Crippen LogP contribution is -2.57. The third-order valence-electron chi connectivity index (χ3n) is 4.54. The van der Waals surface area contributed by atoms with Crippen LogP contribution in [0.2, 0.25) is 0 Å². The summed E-state index contributed by atoms with van der Waals surface area (Å²) in [5.41, 5.74) is 3.72. The highest BCUT2D eigenvalue weighted by atomic mass is 16.7. The molecule has 0 saturated carbocycles. The van der Waals surface area contributed by atoms with Crippen LogP contribution < -0.4 is 21.4 Å². The summed E-state index contributed by atoms with van der Waals surface area (Å²) in [5.74, 6) is 0.392. The summed E-state index contributed by atoms with van der Waals surface area (Å²) in [6, 6.07) is 8.53. The zero-order chi connectivity index (χ0) is 23.5. The van der Waals surface area contributed by atoms with E-state index in [1.807, 2.05) is 58.0 Å². The van der Waals surface area contributed by atoms with Crippen molar-refractivity contribution in [3.63, 3.8) is 0 Å². The molecule has 1 aromatic rings. The van der Waals surface area contributed by atoms with Gasteiger partial charge in [-0.25, -0.2) is 4.79 Å². The minimum absolute atomic E-state index is 0.113. The largest absolute Gasteiger partial charge is 0.445 e. The molecule has 1 aromatic carbocycles. The molecule has 0 fully saturated rings. The Labute approximate surface area is 188 Å². The van der Waals surface area contributed by atoms with Crippen molar-refractivity contribution in [2.45, 2.75) is 59.4 Å². The second-order valence-electron chi connectivity index (χ2n) is 8.38. The summed E-state index contributed by atoms with van der Waals surface area (Å²) in [4.78, 5) is 41.5. The van der Waals surface area contributed by atoms with E-state index in [0.717, 1.165) is 5.56 Å². The highest BCUT2D eigenvalue weighted by Crippen LogP contribution is 2.14. The monoisotopic (exact) mass is 447 g/mol. The van der Waals surface area contributed by atoms with Crippen molar-refractivity contribution in [2.75, 3.05) is 0 Å². The Kier molecular flexibility index (Phi) is 9.80. The first kappa shape index (κ1) is 25.0. The third kappa shape index (κ3) is 8.46. The van der Waals surface area contributed by atoms with Gasteiger partial charge in [-0.15, -0.1) is 0 Å². The molecule has 10 nitrogen and oxygen atoms in total. The molecule has 10 heteroatoms. The first-order chi connectivity index (χ1) is 15.3. The Morgan fingerprint density at radius 1 is 1.09 bits per heavy atom. The van der Waals surface area contributed by atoms with Gasteiger partial charge >= 0.3 is 6.09 Å². The van der Waals surface area contributed by atoms with Gasteiger partial charge in [0.05, 0.1) is 0 Å². The summed E-state index contributed by atoms with van der Waals surface area (Å²) in [6.45, 7) is 8.07. The number of nitrogens with zero attached hydrogens (tertiary/aromatic N) is 1. The first-order valence-electron chi connectivity index (χ1n) is 10.7. The van der Waals surface area contributed by atoms with E-state index >= 15 is 0 Å². The van der Waals surface area contributed by atoms with Crippen LogP contribution in [0.15, 0.2) is 42.4 Å². The zero-order valence-corrected chi connectivity index (χ0v) is 19.0. The summed E-state index contributed by atoms with van der Waals surface area (Å²) < 4.78 is 5.27. The Bertz CT molecular complexity index is 784. The first-order valence-corrected chi connectivity index (χ1v) is 10.7. The van der Waals surface area contributed by atoms with Crippen molar-refractivity contribution < 1.29 is 24.0 Å². The Morgan fingerprint density at radius 2 is 1.78 bits per heavy atom. The van der Waals surface area contributed by atoms with Gasteiger partial charge in [0.15, 0.2) is 12.1 Å². The number of carbonyl (C=O) groups excluding carboxylic acids is 3. The summed E-state index contributed by atoms with van der Waals surface area (Å²) in [7, 11) is 0.